The van der Waals surface area contributed by atoms with E-state index in [-0.39, 0.29) is 0 Å². The van der Waals surface area contributed by atoms with E-state index in [0.717, 1.165) is 53.7 Å². The number of thiazole rings is 1. The van der Waals surface area contributed by atoms with Gasteiger partial charge in [-0.15, -0.1) is 0 Å². The zero-order valence-electron chi connectivity index (χ0n) is 18.2. The molecule has 0 bridgehead atoms. The molecular formula is C23H23F3N4O2S. The molecule has 0 fully saturated rings. The normalized spacial score (nSPS) is 11.9. The number of halogens is 3. The molecule has 0 saturated carbocycles. The molecule has 0 atom stereocenters. The zero-order valence-corrected chi connectivity index (χ0v) is 19.0. The number of hydrogen-bond acceptors (Lipinski definition) is 6. The molecule has 0 amide bonds. The maximum absolute atomic E-state index is 13.1. The van der Waals surface area contributed by atoms with Crippen molar-refractivity contribution in [2.75, 3.05) is 18.0 Å². The first-order valence-corrected chi connectivity index (χ1v) is 11.4. The minimum atomic E-state index is -4.37. The van der Waals surface area contributed by atoms with Gasteiger partial charge in [-0.3, -0.25) is 9.51 Å². The second kappa shape index (κ2) is 9.38. The second-order valence-corrected chi connectivity index (χ2v) is 8.87. The Labute approximate surface area is 192 Å². The van der Waals surface area contributed by atoms with Crippen LogP contribution in [-0.2, 0) is 12.6 Å². The molecule has 1 N–H and O–H groups in total. The Kier molecular flexibility index (Phi) is 6.55. The number of aromatic amines is 1. The summed E-state index contributed by atoms with van der Waals surface area (Å²) in [6, 6.07) is 9.59. The molecule has 4 aromatic rings. The van der Waals surface area contributed by atoms with E-state index < -0.39 is 17.5 Å². The van der Waals surface area contributed by atoms with Gasteiger partial charge in [-0.1, -0.05) is 48.0 Å². The highest BCUT2D eigenvalue weighted by molar-refractivity contribution is 7.22. The summed E-state index contributed by atoms with van der Waals surface area (Å²) in [6.45, 7) is 5.50. The van der Waals surface area contributed by atoms with Crippen molar-refractivity contribution < 1.29 is 17.7 Å². The number of H-pyrrole nitrogens is 1. The van der Waals surface area contributed by atoms with E-state index in [1.807, 2.05) is 25.1 Å². The van der Waals surface area contributed by atoms with E-state index in [4.69, 9.17) is 0 Å². The van der Waals surface area contributed by atoms with Crippen molar-refractivity contribution in [2.24, 2.45) is 0 Å². The highest BCUT2D eigenvalue weighted by Gasteiger charge is 2.31. The smallest absolute Gasteiger partial charge is 0.348 e. The number of nitrogens with one attached hydrogen (secondary N) is 1. The first-order chi connectivity index (χ1) is 15.7. The molecule has 10 heteroatoms. The van der Waals surface area contributed by atoms with Crippen molar-refractivity contribution in [3.05, 3.63) is 63.6 Å². The Hall–Kier alpha value is -3.14. The first-order valence-electron chi connectivity index (χ1n) is 10.6. The molecule has 6 nitrogen and oxygen atoms in total. The van der Waals surface area contributed by atoms with Crippen LogP contribution in [0.5, 0.6) is 0 Å². The maximum atomic E-state index is 13.1. The number of nitrogens with zero attached hydrogens (tertiary/aromatic N) is 3. The first kappa shape index (κ1) is 23.0. The molecule has 0 unspecified atom stereocenters. The number of unbranched alkanes of at least 4 members (excludes halogenated alkanes) is 1. The summed E-state index contributed by atoms with van der Waals surface area (Å²) >= 11 is 1.29. The number of anilines is 1. The molecule has 0 aliphatic heterocycles. The molecule has 33 heavy (non-hydrogen) atoms. The lowest BCUT2D eigenvalue weighted by Crippen LogP contribution is -2.26. The summed E-state index contributed by atoms with van der Waals surface area (Å²) in [7, 11) is 0. The fourth-order valence-corrected chi connectivity index (χ4v) is 4.69. The molecule has 0 spiro atoms. The summed E-state index contributed by atoms with van der Waals surface area (Å²) in [4.78, 5) is 20.5. The topological polar surface area (TPSA) is 75.0 Å². The SMILES string of the molecule is CCCCN(CCc1ccc(-c2noc(=O)[nH]2)c(C)c1)c1nc2ccc(C(F)(F)F)cc2s1. The van der Waals surface area contributed by atoms with Gasteiger partial charge in [0.1, 0.15) is 0 Å². The second-order valence-electron chi connectivity index (χ2n) is 7.86. The molecule has 2 aromatic heterocycles. The fraction of sp³-hybridized carbons (Fsp3) is 0.348. The third kappa shape index (κ3) is 5.27. The highest BCUT2D eigenvalue weighted by atomic mass is 32.1. The Morgan fingerprint density at radius 3 is 2.64 bits per heavy atom. The standard InChI is InChI=1S/C23H23F3N4O2S/c1-3-4-10-30(21-27-18-8-6-16(23(24,25)26)13-19(18)33-21)11-9-15-5-7-17(14(2)12-15)20-28-22(31)32-29-20/h5-8,12-13H,3-4,9-11H2,1-2H3,(H,28,29,31). The lowest BCUT2D eigenvalue weighted by Gasteiger charge is -2.21. The predicted octanol–water partition coefficient (Wildman–Crippen LogP) is 5.82. The van der Waals surface area contributed by atoms with Gasteiger partial charge in [0, 0.05) is 18.7 Å². The highest BCUT2D eigenvalue weighted by Crippen LogP contribution is 2.35. The van der Waals surface area contributed by atoms with Crippen molar-refractivity contribution in [3.63, 3.8) is 0 Å². The minimum absolute atomic E-state index is 0.390. The molecular weight excluding hydrogens is 453 g/mol. The van der Waals surface area contributed by atoms with Gasteiger partial charge in [-0.25, -0.2) is 9.78 Å². The third-order valence-corrected chi connectivity index (χ3v) is 6.49. The van der Waals surface area contributed by atoms with Gasteiger partial charge in [-0.2, -0.15) is 13.2 Å². The molecule has 2 aromatic carbocycles. The summed E-state index contributed by atoms with van der Waals surface area (Å²) in [6.07, 6.45) is -1.67. The van der Waals surface area contributed by atoms with Crippen molar-refractivity contribution in [2.45, 2.75) is 39.3 Å². The van der Waals surface area contributed by atoms with Crippen molar-refractivity contribution in [3.8, 4) is 11.4 Å². The molecule has 2 heterocycles. The quantitative estimate of drug-likeness (QED) is 0.347. The number of hydrogen-bond donors (Lipinski definition) is 1. The van der Waals surface area contributed by atoms with Crippen LogP contribution in [0.2, 0.25) is 0 Å². The maximum Gasteiger partial charge on any atom is 0.439 e. The van der Waals surface area contributed by atoms with Gasteiger partial charge in [0.15, 0.2) is 11.0 Å². The van der Waals surface area contributed by atoms with E-state index in [9.17, 15) is 18.0 Å². The number of aryl methyl sites for hydroxylation is 1. The lowest BCUT2D eigenvalue weighted by atomic mass is 10.0. The van der Waals surface area contributed by atoms with Crippen LogP contribution in [-0.4, -0.2) is 28.2 Å². The van der Waals surface area contributed by atoms with E-state index in [1.54, 1.807) is 0 Å². The molecule has 4 rings (SSSR count). The predicted molar refractivity (Wildman–Crippen MR) is 123 cm³/mol. The Morgan fingerprint density at radius 1 is 1.15 bits per heavy atom. The Balaban J connectivity index is 1.53. The zero-order chi connectivity index (χ0) is 23.6. The molecule has 0 saturated heterocycles. The van der Waals surface area contributed by atoms with Gasteiger partial charge in [0.05, 0.1) is 15.8 Å². The van der Waals surface area contributed by atoms with Crippen molar-refractivity contribution in [1.29, 1.82) is 0 Å². The van der Waals surface area contributed by atoms with Crippen LogP contribution in [0.15, 0.2) is 45.7 Å². The fourth-order valence-electron chi connectivity index (χ4n) is 3.63. The molecule has 0 aliphatic carbocycles. The van der Waals surface area contributed by atoms with Crippen LogP contribution in [0.25, 0.3) is 21.6 Å². The van der Waals surface area contributed by atoms with Crippen molar-refractivity contribution >= 4 is 26.7 Å². The molecule has 0 radical (unpaired) electrons. The summed E-state index contributed by atoms with van der Waals surface area (Å²) in [5.41, 5.74) is 2.76. The van der Waals surface area contributed by atoms with Crippen LogP contribution in [0.1, 0.15) is 36.5 Å². The van der Waals surface area contributed by atoms with Gasteiger partial charge in [0.2, 0.25) is 0 Å². The van der Waals surface area contributed by atoms with Gasteiger partial charge in [0.25, 0.3) is 0 Å². The average Bonchev–Trinajstić information content (AvgIpc) is 3.38. The van der Waals surface area contributed by atoms with Gasteiger partial charge < -0.3 is 4.90 Å². The van der Waals surface area contributed by atoms with Crippen LogP contribution in [0, 0.1) is 6.92 Å². The summed E-state index contributed by atoms with van der Waals surface area (Å²) in [5, 5.41) is 4.47. The van der Waals surface area contributed by atoms with E-state index >= 15 is 0 Å². The lowest BCUT2D eigenvalue weighted by molar-refractivity contribution is -0.137. The number of alkyl halides is 3. The van der Waals surface area contributed by atoms with Gasteiger partial charge >= 0.3 is 11.9 Å². The minimum Gasteiger partial charge on any atom is -0.348 e. The van der Waals surface area contributed by atoms with Crippen LogP contribution in [0.3, 0.4) is 0 Å². The Morgan fingerprint density at radius 2 is 1.97 bits per heavy atom. The monoisotopic (exact) mass is 476 g/mol. The van der Waals surface area contributed by atoms with Crippen LogP contribution >= 0.6 is 11.3 Å². The number of benzene rings is 2. The van der Waals surface area contributed by atoms with E-state index in [0.29, 0.717) is 22.6 Å². The van der Waals surface area contributed by atoms with E-state index in [1.165, 1.54) is 23.5 Å². The largest absolute Gasteiger partial charge is 0.439 e. The van der Waals surface area contributed by atoms with Gasteiger partial charge in [-0.05, 0) is 49.1 Å². The van der Waals surface area contributed by atoms with Crippen molar-refractivity contribution in [1.82, 2.24) is 15.1 Å². The van der Waals surface area contributed by atoms with E-state index in [2.05, 4.69) is 31.5 Å². The van der Waals surface area contributed by atoms with Crippen LogP contribution < -0.4 is 10.7 Å². The Bertz CT molecular complexity index is 1310. The third-order valence-electron chi connectivity index (χ3n) is 5.41. The number of fused-ring (bicyclic) bond motifs is 1. The molecule has 0 aliphatic rings. The average molecular weight is 477 g/mol. The summed E-state index contributed by atoms with van der Waals surface area (Å²) < 4.78 is 44.3. The number of aromatic nitrogens is 3. The molecule has 174 valence electrons. The van der Waals surface area contributed by atoms with Crippen LogP contribution in [0.4, 0.5) is 18.3 Å². The summed E-state index contributed by atoms with van der Waals surface area (Å²) in [5.74, 6) is -0.209. The number of rotatable bonds is 8.